The van der Waals surface area contributed by atoms with Crippen LogP contribution in [-0.2, 0) is 18.3 Å². The van der Waals surface area contributed by atoms with Gasteiger partial charge in [-0.25, -0.2) is 9.67 Å². The molecule has 1 aliphatic rings. The minimum atomic E-state index is 0.170. The van der Waals surface area contributed by atoms with E-state index in [0.29, 0.717) is 13.0 Å². The molecule has 1 aliphatic heterocycles. The Bertz CT molecular complexity index is 660. The number of piperidine rings is 1. The van der Waals surface area contributed by atoms with Crippen molar-refractivity contribution in [2.75, 3.05) is 13.1 Å². The number of amides is 1. The van der Waals surface area contributed by atoms with E-state index in [1.807, 2.05) is 35.2 Å². The fourth-order valence-electron chi connectivity index (χ4n) is 3.14. The van der Waals surface area contributed by atoms with Gasteiger partial charge in [0.15, 0.2) is 0 Å². The van der Waals surface area contributed by atoms with Gasteiger partial charge in [0.05, 0.1) is 18.2 Å². The summed E-state index contributed by atoms with van der Waals surface area (Å²) in [5.74, 6) is 0.170. The minimum absolute atomic E-state index is 0.170. The van der Waals surface area contributed by atoms with Crippen molar-refractivity contribution in [1.29, 1.82) is 0 Å². The van der Waals surface area contributed by atoms with Crippen LogP contribution in [-0.4, -0.2) is 48.4 Å². The largest absolute Gasteiger partial charge is 0.340 e. The molecular formula is C15H22N6O. The lowest BCUT2D eigenvalue weighted by atomic mass is 10.0. The summed E-state index contributed by atoms with van der Waals surface area (Å²) in [4.78, 5) is 18.6. The molecule has 22 heavy (non-hydrogen) atoms. The summed E-state index contributed by atoms with van der Waals surface area (Å²) in [5.41, 5.74) is 3.06. The van der Waals surface area contributed by atoms with Gasteiger partial charge in [-0.05, 0) is 26.7 Å². The highest BCUT2D eigenvalue weighted by Crippen LogP contribution is 2.22. The standard InChI is InChI=1S/C15H22N6O/c1-11-14(12(2)19(3)18-11)7-15(22)20-6-4-5-13(8-20)21-10-16-9-17-21/h9-10,13H,4-8H2,1-3H3. The Morgan fingerprint density at radius 2 is 2.23 bits per heavy atom. The normalized spacial score (nSPS) is 18.7. The first-order chi connectivity index (χ1) is 10.6. The van der Waals surface area contributed by atoms with Gasteiger partial charge in [0.1, 0.15) is 12.7 Å². The third-order valence-corrected chi connectivity index (χ3v) is 4.55. The summed E-state index contributed by atoms with van der Waals surface area (Å²) >= 11 is 0. The van der Waals surface area contributed by atoms with Gasteiger partial charge in [0.2, 0.25) is 5.91 Å². The number of hydrogen-bond acceptors (Lipinski definition) is 4. The molecule has 7 heteroatoms. The average molecular weight is 302 g/mol. The molecule has 0 saturated carbocycles. The zero-order chi connectivity index (χ0) is 15.7. The quantitative estimate of drug-likeness (QED) is 0.849. The number of aromatic nitrogens is 5. The van der Waals surface area contributed by atoms with Crippen LogP contribution < -0.4 is 0 Å². The zero-order valence-corrected chi connectivity index (χ0v) is 13.4. The first-order valence-corrected chi connectivity index (χ1v) is 7.67. The molecule has 1 saturated heterocycles. The molecule has 1 atom stereocenters. The maximum atomic E-state index is 12.6. The highest BCUT2D eigenvalue weighted by Gasteiger charge is 2.26. The maximum absolute atomic E-state index is 12.6. The van der Waals surface area contributed by atoms with Crippen LogP contribution in [0.15, 0.2) is 12.7 Å². The van der Waals surface area contributed by atoms with Gasteiger partial charge < -0.3 is 4.90 Å². The van der Waals surface area contributed by atoms with Crippen molar-refractivity contribution in [3.05, 3.63) is 29.6 Å². The van der Waals surface area contributed by atoms with Crippen molar-refractivity contribution >= 4 is 5.91 Å². The van der Waals surface area contributed by atoms with E-state index in [4.69, 9.17) is 0 Å². The van der Waals surface area contributed by atoms with Gasteiger partial charge in [-0.15, -0.1) is 0 Å². The summed E-state index contributed by atoms with van der Waals surface area (Å²) in [7, 11) is 1.91. The number of likely N-dealkylation sites (tertiary alicyclic amines) is 1. The topological polar surface area (TPSA) is 68.8 Å². The Morgan fingerprint density at radius 1 is 1.41 bits per heavy atom. The van der Waals surface area contributed by atoms with Crippen molar-refractivity contribution in [2.24, 2.45) is 7.05 Å². The summed E-state index contributed by atoms with van der Waals surface area (Å²) in [6.07, 6.45) is 5.74. The van der Waals surface area contributed by atoms with E-state index in [0.717, 1.165) is 36.3 Å². The van der Waals surface area contributed by atoms with Crippen molar-refractivity contribution in [1.82, 2.24) is 29.4 Å². The van der Waals surface area contributed by atoms with Gasteiger partial charge in [0, 0.05) is 31.4 Å². The second kappa shape index (κ2) is 5.90. The SMILES string of the molecule is Cc1nn(C)c(C)c1CC(=O)N1CCCC(n2cncn2)C1. The first kappa shape index (κ1) is 14.7. The highest BCUT2D eigenvalue weighted by molar-refractivity contribution is 5.79. The number of rotatable bonds is 3. The van der Waals surface area contributed by atoms with E-state index in [1.165, 1.54) is 0 Å². The molecule has 1 unspecified atom stereocenters. The van der Waals surface area contributed by atoms with Crippen LogP contribution in [0.25, 0.3) is 0 Å². The Morgan fingerprint density at radius 3 is 2.86 bits per heavy atom. The van der Waals surface area contributed by atoms with E-state index < -0.39 is 0 Å². The van der Waals surface area contributed by atoms with Gasteiger partial charge in [-0.1, -0.05) is 0 Å². The van der Waals surface area contributed by atoms with Crippen molar-refractivity contribution in [3.63, 3.8) is 0 Å². The molecule has 3 heterocycles. The fraction of sp³-hybridized carbons (Fsp3) is 0.600. The van der Waals surface area contributed by atoms with E-state index in [-0.39, 0.29) is 11.9 Å². The molecule has 1 fully saturated rings. The average Bonchev–Trinajstić information content (AvgIpc) is 3.12. The van der Waals surface area contributed by atoms with Crippen LogP contribution in [0.3, 0.4) is 0 Å². The molecule has 3 rings (SSSR count). The van der Waals surface area contributed by atoms with Crippen LogP contribution in [0.1, 0.15) is 35.8 Å². The summed E-state index contributed by atoms with van der Waals surface area (Å²) < 4.78 is 3.70. The number of nitrogens with zero attached hydrogens (tertiary/aromatic N) is 6. The number of carbonyl (C=O) groups excluding carboxylic acids is 1. The van der Waals surface area contributed by atoms with Crippen LogP contribution in [0.4, 0.5) is 0 Å². The van der Waals surface area contributed by atoms with Crippen LogP contribution >= 0.6 is 0 Å². The third kappa shape index (κ3) is 2.75. The Balaban J connectivity index is 1.69. The molecule has 0 aliphatic carbocycles. The molecule has 7 nitrogen and oxygen atoms in total. The molecule has 1 amide bonds. The van der Waals surface area contributed by atoms with Gasteiger partial charge in [-0.2, -0.15) is 10.2 Å². The van der Waals surface area contributed by atoms with Crippen LogP contribution in [0.5, 0.6) is 0 Å². The van der Waals surface area contributed by atoms with Gasteiger partial charge in [-0.3, -0.25) is 9.48 Å². The first-order valence-electron chi connectivity index (χ1n) is 7.67. The van der Waals surface area contributed by atoms with E-state index in [2.05, 4.69) is 15.2 Å². The van der Waals surface area contributed by atoms with E-state index in [1.54, 1.807) is 12.7 Å². The maximum Gasteiger partial charge on any atom is 0.227 e. The monoisotopic (exact) mass is 302 g/mol. The predicted molar refractivity (Wildman–Crippen MR) is 81.3 cm³/mol. The molecule has 2 aromatic rings. The van der Waals surface area contributed by atoms with Crippen molar-refractivity contribution < 1.29 is 4.79 Å². The number of carbonyl (C=O) groups is 1. The summed E-state index contributed by atoms with van der Waals surface area (Å²) in [6, 6.07) is 0.233. The zero-order valence-electron chi connectivity index (χ0n) is 13.4. The Hall–Kier alpha value is -2.18. The third-order valence-electron chi connectivity index (χ3n) is 4.55. The number of hydrogen-bond donors (Lipinski definition) is 0. The lowest BCUT2D eigenvalue weighted by molar-refractivity contribution is -0.132. The van der Waals surface area contributed by atoms with Crippen LogP contribution in [0, 0.1) is 13.8 Å². The molecule has 0 bridgehead atoms. The highest BCUT2D eigenvalue weighted by atomic mass is 16.2. The smallest absolute Gasteiger partial charge is 0.227 e. The Labute approximate surface area is 129 Å². The minimum Gasteiger partial charge on any atom is -0.340 e. The summed E-state index contributed by atoms with van der Waals surface area (Å²) in [6.45, 7) is 5.50. The second-order valence-corrected chi connectivity index (χ2v) is 5.96. The number of aryl methyl sites for hydroxylation is 2. The fourth-order valence-corrected chi connectivity index (χ4v) is 3.14. The molecule has 2 aromatic heterocycles. The van der Waals surface area contributed by atoms with E-state index >= 15 is 0 Å². The molecule has 118 valence electrons. The molecule has 0 aromatic carbocycles. The molecule has 0 radical (unpaired) electrons. The lowest BCUT2D eigenvalue weighted by Gasteiger charge is -2.32. The predicted octanol–water partition coefficient (Wildman–Crippen LogP) is 1.03. The molecule has 0 N–H and O–H groups in total. The van der Waals surface area contributed by atoms with Crippen molar-refractivity contribution in [2.45, 2.75) is 39.2 Å². The molecular weight excluding hydrogens is 280 g/mol. The van der Waals surface area contributed by atoms with Crippen LogP contribution in [0.2, 0.25) is 0 Å². The Kier molecular flexibility index (Phi) is 3.96. The summed E-state index contributed by atoms with van der Waals surface area (Å²) in [5, 5.41) is 8.59. The van der Waals surface area contributed by atoms with Gasteiger partial charge in [0.25, 0.3) is 0 Å². The van der Waals surface area contributed by atoms with Gasteiger partial charge >= 0.3 is 0 Å². The van der Waals surface area contributed by atoms with Crippen molar-refractivity contribution in [3.8, 4) is 0 Å². The second-order valence-electron chi connectivity index (χ2n) is 5.96. The lowest BCUT2D eigenvalue weighted by Crippen LogP contribution is -2.41. The van der Waals surface area contributed by atoms with E-state index in [9.17, 15) is 4.79 Å². The molecule has 0 spiro atoms.